The average molecular weight is 249 g/mol. The molecule has 0 bridgehead atoms. The van der Waals surface area contributed by atoms with Crippen LogP contribution in [0.5, 0.6) is 5.75 Å². The van der Waals surface area contributed by atoms with Gasteiger partial charge in [-0.05, 0) is 50.8 Å². The lowest BCUT2D eigenvalue weighted by Crippen LogP contribution is -2.26. The van der Waals surface area contributed by atoms with Gasteiger partial charge in [0.15, 0.2) is 0 Å². The Labute approximate surface area is 112 Å². The lowest BCUT2D eigenvalue weighted by atomic mass is 10.1. The van der Waals surface area contributed by atoms with Crippen LogP contribution in [0.25, 0.3) is 0 Å². The molecule has 0 radical (unpaired) electrons. The van der Waals surface area contributed by atoms with E-state index in [-0.39, 0.29) is 6.10 Å². The summed E-state index contributed by atoms with van der Waals surface area (Å²) in [5.41, 5.74) is 1.28. The summed E-state index contributed by atoms with van der Waals surface area (Å²) in [6, 6.07) is 8.89. The van der Waals surface area contributed by atoms with Crippen LogP contribution >= 0.6 is 0 Å². The second-order valence-corrected chi connectivity index (χ2v) is 5.73. The zero-order valence-corrected chi connectivity index (χ0v) is 12.4. The molecule has 1 rings (SSSR count). The number of rotatable bonds is 7. The highest BCUT2D eigenvalue weighted by molar-refractivity contribution is 5.28. The van der Waals surface area contributed by atoms with Gasteiger partial charge >= 0.3 is 0 Å². The smallest absolute Gasteiger partial charge is 0.120 e. The second-order valence-electron chi connectivity index (χ2n) is 5.73. The van der Waals surface area contributed by atoms with Crippen molar-refractivity contribution in [3.8, 4) is 5.75 Å². The van der Waals surface area contributed by atoms with Crippen LogP contribution in [0.15, 0.2) is 24.3 Å². The minimum atomic E-state index is 0.230. The molecule has 1 aromatic carbocycles. The minimum absolute atomic E-state index is 0.230. The highest BCUT2D eigenvalue weighted by atomic mass is 16.5. The number of ether oxygens (including phenoxy) is 1. The summed E-state index contributed by atoms with van der Waals surface area (Å²) >= 11 is 0. The van der Waals surface area contributed by atoms with E-state index >= 15 is 0 Å². The molecule has 18 heavy (non-hydrogen) atoms. The first kappa shape index (κ1) is 15.0. The van der Waals surface area contributed by atoms with Crippen molar-refractivity contribution in [3.05, 3.63) is 29.8 Å². The average Bonchev–Trinajstić information content (AvgIpc) is 2.25. The van der Waals surface area contributed by atoms with Gasteiger partial charge in [-0.25, -0.2) is 0 Å². The number of hydrogen-bond acceptors (Lipinski definition) is 2. The molecule has 0 amide bonds. The first-order valence-corrected chi connectivity index (χ1v) is 6.96. The fourth-order valence-electron chi connectivity index (χ4n) is 2.08. The van der Waals surface area contributed by atoms with E-state index in [1.807, 2.05) is 6.07 Å². The topological polar surface area (TPSA) is 21.3 Å². The van der Waals surface area contributed by atoms with Crippen LogP contribution in [0.4, 0.5) is 0 Å². The zero-order chi connectivity index (χ0) is 13.5. The van der Waals surface area contributed by atoms with Crippen molar-refractivity contribution in [2.75, 3.05) is 0 Å². The Bertz CT molecular complexity index is 347. The van der Waals surface area contributed by atoms with Crippen LogP contribution in [0.2, 0.25) is 0 Å². The Hall–Kier alpha value is -1.02. The van der Waals surface area contributed by atoms with E-state index in [0.29, 0.717) is 6.04 Å². The summed E-state index contributed by atoms with van der Waals surface area (Å²) in [6.07, 6.45) is 1.44. The van der Waals surface area contributed by atoms with Crippen molar-refractivity contribution < 1.29 is 4.74 Å². The van der Waals surface area contributed by atoms with Crippen molar-refractivity contribution in [3.63, 3.8) is 0 Å². The minimum Gasteiger partial charge on any atom is -0.491 e. The lowest BCUT2D eigenvalue weighted by molar-refractivity contribution is 0.242. The summed E-state index contributed by atoms with van der Waals surface area (Å²) in [5.74, 6) is 1.70. The highest BCUT2D eigenvalue weighted by Crippen LogP contribution is 2.15. The van der Waals surface area contributed by atoms with E-state index in [1.165, 1.54) is 12.0 Å². The maximum Gasteiger partial charge on any atom is 0.120 e. The van der Waals surface area contributed by atoms with Gasteiger partial charge in [0.05, 0.1) is 6.10 Å². The van der Waals surface area contributed by atoms with Gasteiger partial charge in [0.25, 0.3) is 0 Å². The predicted octanol–water partition coefficient (Wildman–Crippen LogP) is 4.00. The SMILES string of the molecule is CC(C)CC(C)NCc1cccc(OC(C)C)c1. The van der Waals surface area contributed by atoms with E-state index in [9.17, 15) is 0 Å². The van der Waals surface area contributed by atoms with E-state index in [2.05, 4.69) is 58.1 Å². The van der Waals surface area contributed by atoms with E-state index in [1.54, 1.807) is 0 Å². The molecule has 0 aromatic heterocycles. The van der Waals surface area contributed by atoms with Gasteiger partial charge < -0.3 is 10.1 Å². The van der Waals surface area contributed by atoms with Crippen molar-refractivity contribution in [1.82, 2.24) is 5.32 Å². The Morgan fingerprint density at radius 2 is 1.83 bits per heavy atom. The van der Waals surface area contributed by atoms with Gasteiger partial charge in [-0.2, -0.15) is 0 Å². The summed E-state index contributed by atoms with van der Waals surface area (Å²) in [5, 5.41) is 3.56. The van der Waals surface area contributed by atoms with Crippen LogP contribution in [-0.2, 0) is 6.54 Å². The highest BCUT2D eigenvalue weighted by Gasteiger charge is 2.05. The molecule has 0 aliphatic heterocycles. The molecule has 1 atom stereocenters. The third-order valence-electron chi connectivity index (χ3n) is 2.75. The van der Waals surface area contributed by atoms with Crippen molar-refractivity contribution in [1.29, 1.82) is 0 Å². The van der Waals surface area contributed by atoms with Crippen LogP contribution in [0.3, 0.4) is 0 Å². The molecule has 2 nitrogen and oxygen atoms in total. The molecule has 102 valence electrons. The third-order valence-corrected chi connectivity index (χ3v) is 2.75. The summed E-state index contributed by atoms with van der Waals surface area (Å²) in [6.45, 7) is 11.8. The summed E-state index contributed by atoms with van der Waals surface area (Å²) in [4.78, 5) is 0. The number of hydrogen-bond donors (Lipinski definition) is 1. The molecule has 1 N–H and O–H groups in total. The summed E-state index contributed by atoms with van der Waals surface area (Å²) in [7, 11) is 0. The molecule has 0 heterocycles. The monoisotopic (exact) mass is 249 g/mol. The zero-order valence-electron chi connectivity index (χ0n) is 12.4. The van der Waals surface area contributed by atoms with Gasteiger partial charge in [-0.1, -0.05) is 26.0 Å². The van der Waals surface area contributed by atoms with E-state index in [0.717, 1.165) is 18.2 Å². The molecule has 1 aromatic rings. The number of benzene rings is 1. The van der Waals surface area contributed by atoms with Crippen LogP contribution in [-0.4, -0.2) is 12.1 Å². The normalized spacial score (nSPS) is 13.1. The van der Waals surface area contributed by atoms with Crippen molar-refractivity contribution in [2.24, 2.45) is 5.92 Å². The van der Waals surface area contributed by atoms with Crippen molar-refractivity contribution in [2.45, 2.75) is 59.7 Å². The Morgan fingerprint density at radius 3 is 2.44 bits per heavy atom. The van der Waals surface area contributed by atoms with E-state index in [4.69, 9.17) is 4.74 Å². The van der Waals surface area contributed by atoms with Crippen LogP contribution < -0.4 is 10.1 Å². The standard InChI is InChI=1S/C16H27NO/c1-12(2)9-14(5)17-11-15-7-6-8-16(10-15)18-13(3)4/h6-8,10,12-14,17H,9,11H2,1-5H3. The molecular formula is C16H27NO. The Kier molecular flexibility index (Phi) is 6.20. The summed E-state index contributed by atoms with van der Waals surface area (Å²) < 4.78 is 5.70. The largest absolute Gasteiger partial charge is 0.491 e. The van der Waals surface area contributed by atoms with Gasteiger partial charge in [-0.3, -0.25) is 0 Å². The van der Waals surface area contributed by atoms with Crippen LogP contribution in [0, 0.1) is 5.92 Å². The molecular weight excluding hydrogens is 222 g/mol. The van der Waals surface area contributed by atoms with E-state index < -0.39 is 0 Å². The second kappa shape index (κ2) is 7.42. The Morgan fingerprint density at radius 1 is 1.11 bits per heavy atom. The van der Waals surface area contributed by atoms with Crippen molar-refractivity contribution >= 4 is 0 Å². The molecule has 1 unspecified atom stereocenters. The lowest BCUT2D eigenvalue weighted by Gasteiger charge is -2.16. The fourth-order valence-corrected chi connectivity index (χ4v) is 2.08. The molecule has 0 fully saturated rings. The number of nitrogens with one attached hydrogen (secondary N) is 1. The molecule has 0 saturated heterocycles. The quantitative estimate of drug-likeness (QED) is 0.788. The predicted molar refractivity (Wildman–Crippen MR) is 78.0 cm³/mol. The van der Waals surface area contributed by atoms with Gasteiger partial charge in [0.1, 0.15) is 5.75 Å². The van der Waals surface area contributed by atoms with Crippen LogP contribution in [0.1, 0.15) is 46.6 Å². The van der Waals surface area contributed by atoms with Gasteiger partial charge in [-0.15, -0.1) is 0 Å². The first-order valence-electron chi connectivity index (χ1n) is 6.96. The van der Waals surface area contributed by atoms with Gasteiger partial charge in [0, 0.05) is 12.6 Å². The first-order chi connectivity index (χ1) is 8.47. The molecule has 0 aliphatic carbocycles. The molecule has 0 aliphatic rings. The van der Waals surface area contributed by atoms with Gasteiger partial charge in [0.2, 0.25) is 0 Å². The maximum atomic E-state index is 5.70. The molecule has 0 saturated carbocycles. The maximum absolute atomic E-state index is 5.70. The molecule has 0 spiro atoms. The molecule has 2 heteroatoms. The fraction of sp³-hybridized carbons (Fsp3) is 0.625. The Balaban J connectivity index is 2.47. The third kappa shape index (κ3) is 6.06.